The molecule has 0 aromatic heterocycles. The van der Waals surface area contributed by atoms with Gasteiger partial charge in [-0.25, -0.2) is 0 Å². The summed E-state index contributed by atoms with van der Waals surface area (Å²) in [5.74, 6) is 0.725. The molecule has 1 N–H and O–H groups in total. The van der Waals surface area contributed by atoms with E-state index in [0.29, 0.717) is 12.2 Å². The molecule has 0 saturated carbocycles. The lowest BCUT2D eigenvalue weighted by molar-refractivity contribution is 0.0110. The quantitative estimate of drug-likeness (QED) is 0.558. The Hall–Kier alpha value is -1.39. The number of aliphatic hydroxyl groups is 1. The molecule has 20 heavy (non-hydrogen) atoms. The van der Waals surface area contributed by atoms with Crippen molar-refractivity contribution < 1.29 is 19.4 Å². The monoisotopic (exact) mass is 280 g/mol. The van der Waals surface area contributed by atoms with Crippen LogP contribution >= 0.6 is 0 Å². The summed E-state index contributed by atoms with van der Waals surface area (Å²) < 4.78 is 11.0. The zero-order valence-electron chi connectivity index (χ0n) is 12.5. The molecule has 1 unspecified atom stereocenters. The van der Waals surface area contributed by atoms with E-state index in [4.69, 9.17) is 9.47 Å². The van der Waals surface area contributed by atoms with Crippen LogP contribution in [0, 0.1) is 13.8 Å². The van der Waals surface area contributed by atoms with Crippen molar-refractivity contribution >= 4 is 6.29 Å². The van der Waals surface area contributed by atoms with Crippen LogP contribution in [0.25, 0.3) is 0 Å². The van der Waals surface area contributed by atoms with Crippen LogP contribution in [-0.2, 0) is 4.74 Å². The third kappa shape index (κ3) is 5.31. The highest BCUT2D eigenvalue weighted by atomic mass is 16.5. The number of rotatable bonds is 9. The Morgan fingerprint density at radius 3 is 2.45 bits per heavy atom. The fourth-order valence-electron chi connectivity index (χ4n) is 1.97. The summed E-state index contributed by atoms with van der Waals surface area (Å²) >= 11 is 0. The molecular weight excluding hydrogens is 256 g/mol. The number of aryl methyl sites for hydroxylation is 2. The molecule has 0 aliphatic carbocycles. The minimum Gasteiger partial charge on any atom is -0.490 e. The number of benzene rings is 1. The van der Waals surface area contributed by atoms with Gasteiger partial charge in [0.15, 0.2) is 0 Å². The zero-order chi connectivity index (χ0) is 15.0. The van der Waals surface area contributed by atoms with Gasteiger partial charge in [0.2, 0.25) is 0 Å². The van der Waals surface area contributed by atoms with Gasteiger partial charge in [0.25, 0.3) is 0 Å². The Balaban J connectivity index is 2.47. The standard InChI is InChI=1S/C16H24O4/c1-4-5-6-19-10-15(18)11-20-16-12(2)7-14(9-17)8-13(16)3/h7-9,15,18H,4-6,10-11H2,1-3H3. The van der Waals surface area contributed by atoms with Crippen molar-refractivity contribution in [1.82, 2.24) is 0 Å². The molecule has 0 saturated heterocycles. The summed E-state index contributed by atoms with van der Waals surface area (Å²) in [6.07, 6.45) is 2.25. The van der Waals surface area contributed by atoms with E-state index in [1.165, 1.54) is 0 Å². The van der Waals surface area contributed by atoms with Crippen LogP contribution in [0.3, 0.4) is 0 Å². The van der Waals surface area contributed by atoms with Gasteiger partial charge in [0, 0.05) is 12.2 Å². The molecule has 0 fully saturated rings. The highest BCUT2D eigenvalue weighted by molar-refractivity contribution is 5.76. The van der Waals surface area contributed by atoms with Crippen LogP contribution in [0.5, 0.6) is 5.75 Å². The summed E-state index contributed by atoms with van der Waals surface area (Å²) in [6.45, 7) is 7.01. The molecule has 0 aliphatic heterocycles. The topological polar surface area (TPSA) is 55.8 Å². The van der Waals surface area contributed by atoms with Gasteiger partial charge in [-0.15, -0.1) is 0 Å². The molecule has 0 amide bonds. The maximum absolute atomic E-state index is 10.8. The predicted molar refractivity (Wildman–Crippen MR) is 78.5 cm³/mol. The van der Waals surface area contributed by atoms with E-state index in [1.807, 2.05) is 13.8 Å². The first-order valence-electron chi connectivity index (χ1n) is 7.03. The average Bonchev–Trinajstić information content (AvgIpc) is 2.42. The van der Waals surface area contributed by atoms with Crippen molar-refractivity contribution in [3.8, 4) is 5.75 Å². The van der Waals surface area contributed by atoms with E-state index in [-0.39, 0.29) is 13.2 Å². The van der Waals surface area contributed by atoms with E-state index in [9.17, 15) is 9.90 Å². The number of aliphatic hydroxyl groups excluding tert-OH is 1. The van der Waals surface area contributed by atoms with Crippen molar-refractivity contribution in [3.05, 3.63) is 28.8 Å². The van der Waals surface area contributed by atoms with Gasteiger partial charge < -0.3 is 14.6 Å². The summed E-state index contributed by atoms with van der Waals surface area (Å²) in [5.41, 5.74) is 2.42. The van der Waals surface area contributed by atoms with Crippen LogP contribution in [0.4, 0.5) is 0 Å². The van der Waals surface area contributed by atoms with Crippen LogP contribution in [0.2, 0.25) is 0 Å². The Labute approximate surface area is 120 Å². The lowest BCUT2D eigenvalue weighted by Gasteiger charge is -2.16. The maximum atomic E-state index is 10.8. The van der Waals surface area contributed by atoms with E-state index in [0.717, 1.165) is 36.0 Å². The van der Waals surface area contributed by atoms with E-state index >= 15 is 0 Å². The van der Waals surface area contributed by atoms with Crippen LogP contribution in [-0.4, -0.2) is 37.3 Å². The number of unbranched alkanes of at least 4 members (excludes halogenated alkanes) is 1. The number of carbonyl (C=O) groups is 1. The first kappa shape index (κ1) is 16.7. The van der Waals surface area contributed by atoms with Crippen molar-refractivity contribution in [3.63, 3.8) is 0 Å². The van der Waals surface area contributed by atoms with Crippen LogP contribution in [0.15, 0.2) is 12.1 Å². The molecule has 0 radical (unpaired) electrons. The number of aldehydes is 1. The minimum absolute atomic E-state index is 0.189. The summed E-state index contributed by atoms with van der Waals surface area (Å²) in [7, 11) is 0. The first-order chi connectivity index (χ1) is 9.58. The second-order valence-corrected chi connectivity index (χ2v) is 4.99. The Morgan fingerprint density at radius 1 is 1.25 bits per heavy atom. The largest absolute Gasteiger partial charge is 0.490 e. The van der Waals surface area contributed by atoms with E-state index < -0.39 is 6.10 Å². The minimum atomic E-state index is -0.642. The maximum Gasteiger partial charge on any atom is 0.150 e. The fourth-order valence-corrected chi connectivity index (χ4v) is 1.97. The zero-order valence-corrected chi connectivity index (χ0v) is 12.5. The summed E-state index contributed by atoms with van der Waals surface area (Å²) in [4.78, 5) is 10.8. The lowest BCUT2D eigenvalue weighted by Crippen LogP contribution is -2.24. The molecule has 1 atom stereocenters. The molecule has 1 rings (SSSR count). The third-order valence-corrected chi connectivity index (χ3v) is 2.99. The number of carbonyl (C=O) groups excluding carboxylic acids is 1. The second kappa shape index (κ2) is 8.72. The van der Waals surface area contributed by atoms with Crippen LogP contribution < -0.4 is 4.74 Å². The highest BCUT2D eigenvalue weighted by Gasteiger charge is 2.10. The van der Waals surface area contributed by atoms with E-state index in [1.54, 1.807) is 12.1 Å². The Morgan fingerprint density at radius 2 is 1.90 bits per heavy atom. The van der Waals surface area contributed by atoms with Crippen molar-refractivity contribution in [2.24, 2.45) is 0 Å². The van der Waals surface area contributed by atoms with Crippen molar-refractivity contribution in [1.29, 1.82) is 0 Å². The number of ether oxygens (including phenoxy) is 2. The van der Waals surface area contributed by atoms with Crippen molar-refractivity contribution in [2.75, 3.05) is 19.8 Å². The molecule has 0 bridgehead atoms. The normalized spacial score (nSPS) is 12.2. The van der Waals surface area contributed by atoms with Gasteiger partial charge in [-0.2, -0.15) is 0 Å². The SMILES string of the molecule is CCCCOCC(O)COc1c(C)cc(C=O)cc1C. The predicted octanol–water partition coefficient (Wildman–Crippen LogP) is 2.67. The highest BCUT2D eigenvalue weighted by Crippen LogP contribution is 2.24. The molecule has 4 nitrogen and oxygen atoms in total. The van der Waals surface area contributed by atoms with Gasteiger partial charge in [-0.05, 0) is 43.5 Å². The first-order valence-corrected chi connectivity index (χ1v) is 7.03. The van der Waals surface area contributed by atoms with Gasteiger partial charge in [-0.3, -0.25) is 4.79 Å². The number of hydrogen-bond donors (Lipinski definition) is 1. The fraction of sp³-hybridized carbons (Fsp3) is 0.562. The molecule has 112 valence electrons. The molecular formula is C16H24O4. The molecule has 0 aliphatic rings. The van der Waals surface area contributed by atoms with Gasteiger partial charge in [0.05, 0.1) is 6.61 Å². The molecule has 0 heterocycles. The average molecular weight is 280 g/mol. The molecule has 0 spiro atoms. The van der Waals surface area contributed by atoms with Crippen molar-refractivity contribution in [2.45, 2.75) is 39.7 Å². The van der Waals surface area contributed by atoms with Gasteiger partial charge in [0.1, 0.15) is 24.7 Å². The Kier molecular flexibility index (Phi) is 7.26. The lowest BCUT2D eigenvalue weighted by atomic mass is 10.1. The van der Waals surface area contributed by atoms with E-state index in [2.05, 4.69) is 6.92 Å². The smallest absolute Gasteiger partial charge is 0.150 e. The van der Waals surface area contributed by atoms with Crippen LogP contribution in [0.1, 0.15) is 41.3 Å². The third-order valence-electron chi connectivity index (χ3n) is 2.99. The van der Waals surface area contributed by atoms with Gasteiger partial charge >= 0.3 is 0 Å². The second-order valence-electron chi connectivity index (χ2n) is 4.99. The van der Waals surface area contributed by atoms with Gasteiger partial charge in [-0.1, -0.05) is 13.3 Å². The molecule has 1 aromatic rings. The molecule has 1 aromatic carbocycles. The summed E-state index contributed by atoms with van der Waals surface area (Å²) in [5, 5.41) is 9.79. The summed E-state index contributed by atoms with van der Waals surface area (Å²) in [6, 6.07) is 3.55. The number of hydrogen-bond acceptors (Lipinski definition) is 4. The Bertz CT molecular complexity index is 405. The molecule has 4 heteroatoms.